The predicted octanol–water partition coefficient (Wildman–Crippen LogP) is 5.14. The average molecular weight is 406 g/mol. The number of carbonyl (C=O) groups is 1. The quantitative estimate of drug-likeness (QED) is 0.542. The Labute approximate surface area is 176 Å². The van der Waals surface area contributed by atoms with E-state index in [4.69, 9.17) is 14.2 Å². The van der Waals surface area contributed by atoms with Gasteiger partial charge >= 0.3 is 0 Å². The van der Waals surface area contributed by atoms with Crippen molar-refractivity contribution in [3.8, 4) is 17.2 Å². The van der Waals surface area contributed by atoms with E-state index in [0.717, 1.165) is 5.69 Å². The van der Waals surface area contributed by atoms with Gasteiger partial charge in [-0.05, 0) is 48.9 Å². The molecule has 1 unspecified atom stereocenters. The first-order chi connectivity index (χ1) is 14.5. The summed E-state index contributed by atoms with van der Waals surface area (Å²) < 4.78 is 15.9. The number of carbonyl (C=O) groups excluding carboxylic acids is 1. The molecule has 6 heteroatoms. The van der Waals surface area contributed by atoms with Crippen LogP contribution >= 0.6 is 0 Å². The van der Waals surface area contributed by atoms with Gasteiger partial charge in [-0.25, -0.2) is 0 Å². The third-order valence-electron chi connectivity index (χ3n) is 4.75. The monoisotopic (exact) mass is 406 g/mol. The van der Waals surface area contributed by atoms with Crippen molar-refractivity contribution in [2.45, 2.75) is 13.0 Å². The van der Waals surface area contributed by atoms with Crippen molar-refractivity contribution in [1.29, 1.82) is 0 Å². The van der Waals surface area contributed by atoms with Gasteiger partial charge in [-0.15, -0.1) is 0 Å². The minimum absolute atomic E-state index is 0.172. The number of anilines is 2. The highest BCUT2D eigenvalue weighted by Gasteiger charge is 2.17. The molecule has 0 radical (unpaired) electrons. The number of ether oxygens (including phenoxy) is 3. The number of hydrogen-bond acceptors (Lipinski definition) is 5. The molecule has 0 aliphatic carbocycles. The highest BCUT2D eigenvalue weighted by atomic mass is 16.5. The summed E-state index contributed by atoms with van der Waals surface area (Å²) in [5.74, 6) is 1.03. The lowest BCUT2D eigenvalue weighted by Gasteiger charge is -2.16. The van der Waals surface area contributed by atoms with E-state index in [9.17, 15) is 4.79 Å². The molecule has 3 aromatic rings. The zero-order valence-electron chi connectivity index (χ0n) is 17.6. The van der Waals surface area contributed by atoms with E-state index >= 15 is 0 Å². The van der Waals surface area contributed by atoms with Crippen LogP contribution in [0.15, 0.2) is 66.7 Å². The lowest BCUT2D eigenvalue weighted by molar-refractivity contribution is 0.102. The summed E-state index contributed by atoms with van der Waals surface area (Å²) in [6.45, 7) is 2.11. The van der Waals surface area contributed by atoms with Crippen LogP contribution in [0.3, 0.4) is 0 Å². The second-order valence-corrected chi connectivity index (χ2v) is 6.72. The summed E-state index contributed by atoms with van der Waals surface area (Å²) in [6.07, 6.45) is 0. The van der Waals surface area contributed by atoms with Gasteiger partial charge in [0.05, 0.1) is 21.3 Å². The Bertz CT molecular complexity index is 963. The summed E-state index contributed by atoms with van der Waals surface area (Å²) in [4.78, 5) is 12.7. The highest BCUT2D eigenvalue weighted by molar-refractivity contribution is 6.05. The molecule has 6 nitrogen and oxygen atoms in total. The van der Waals surface area contributed by atoms with E-state index in [1.165, 1.54) is 26.9 Å². The van der Waals surface area contributed by atoms with Gasteiger partial charge < -0.3 is 24.8 Å². The first kappa shape index (κ1) is 21.0. The highest BCUT2D eigenvalue weighted by Crippen LogP contribution is 2.38. The van der Waals surface area contributed by atoms with Crippen LogP contribution in [-0.2, 0) is 0 Å². The minimum atomic E-state index is -0.271. The summed E-state index contributed by atoms with van der Waals surface area (Å²) in [5, 5.41) is 6.35. The van der Waals surface area contributed by atoms with Gasteiger partial charge in [0.15, 0.2) is 11.5 Å². The van der Waals surface area contributed by atoms with Crippen LogP contribution in [0.1, 0.15) is 28.9 Å². The molecule has 0 saturated carbocycles. The lowest BCUT2D eigenvalue weighted by atomic mass is 10.1. The van der Waals surface area contributed by atoms with E-state index in [1.807, 2.05) is 42.5 Å². The van der Waals surface area contributed by atoms with E-state index in [-0.39, 0.29) is 11.9 Å². The second-order valence-electron chi connectivity index (χ2n) is 6.72. The average Bonchev–Trinajstić information content (AvgIpc) is 2.79. The van der Waals surface area contributed by atoms with Crippen molar-refractivity contribution in [3.63, 3.8) is 0 Å². The smallest absolute Gasteiger partial charge is 0.255 e. The molecule has 0 heterocycles. The van der Waals surface area contributed by atoms with Gasteiger partial charge in [-0.1, -0.05) is 30.3 Å². The standard InChI is InChI=1S/C24H26N2O4/c1-16(17-8-6-5-7-9-17)25-19-10-12-20(13-11-19)26-24(27)18-14-21(28-2)23(30-4)22(15-18)29-3/h5-16,25H,1-4H3,(H,26,27). The fourth-order valence-electron chi connectivity index (χ4n) is 3.14. The molecule has 1 atom stereocenters. The van der Waals surface area contributed by atoms with Crippen LogP contribution in [0.5, 0.6) is 17.2 Å². The van der Waals surface area contributed by atoms with Crippen molar-refractivity contribution >= 4 is 17.3 Å². The van der Waals surface area contributed by atoms with Crippen LogP contribution in [0.25, 0.3) is 0 Å². The Morgan fingerprint density at radius 1 is 0.800 bits per heavy atom. The third kappa shape index (κ3) is 4.84. The topological polar surface area (TPSA) is 68.8 Å². The largest absolute Gasteiger partial charge is 0.493 e. The lowest BCUT2D eigenvalue weighted by Crippen LogP contribution is -2.13. The fraction of sp³-hybridized carbons (Fsp3) is 0.208. The number of nitrogens with one attached hydrogen (secondary N) is 2. The van der Waals surface area contributed by atoms with Gasteiger partial charge in [-0.2, -0.15) is 0 Å². The van der Waals surface area contributed by atoms with Gasteiger partial charge in [0, 0.05) is 23.0 Å². The number of hydrogen-bond donors (Lipinski definition) is 2. The van der Waals surface area contributed by atoms with Gasteiger partial charge in [0.25, 0.3) is 5.91 Å². The fourth-order valence-corrected chi connectivity index (χ4v) is 3.14. The Balaban J connectivity index is 1.70. The van der Waals surface area contributed by atoms with Gasteiger partial charge in [-0.3, -0.25) is 4.79 Å². The Morgan fingerprint density at radius 3 is 1.90 bits per heavy atom. The number of rotatable bonds is 8. The zero-order valence-corrected chi connectivity index (χ0v) is 17.6. The van der Waals surface area contributed by atoms with Crippen molar-refractivity contribution in [3.05, 3.63) is 77.9 Å². The maximum Gasteiger partial charge on any atom is 0.255 e. The first-order valence-corrected chi connectivity index (χ1v) is 9.58. The summed E-state index contributed by atoms with van der Waals surface area (Å²) in [7, 11) is 4.55. The van der Waals surface area contributed by atoms with Crippen LogP contribution in [0.2, 0.25) is 0 Å². The number of amides is 1. The molecule has 0 spiro atoms. The minimum Gasteiger partial charge on any atom is -0.493 e. The Kier molecular flexibility index (Phi) is 6.80. The second kappa shape index (κ2) is 9.69. The molecule has 2 N–H and O–H groups in total. The van der Waals surface area contributed by atoms with E-state index in [1.54, 1.807) is 12.1 Å². The van der Waals surface area contributed by atoms with E-state index < -0.39 is 0 Å². The molecular formula is C24H26N2O4. The van der Waals surface area contributed by atoms with Crippen molar-refractivity contribution in [1.82, 2.24) is 0 Å². The zero-order chi connectivity index (χ0) is 21.5. The molecular weight excluding hydrogens is 380 g/mol. The first-order valence-electron chi connectivity index (χ1n) is 9.58. The van der Waals surface area contributed by atoms with Crippen molar-refractivity contribution in [2.75, 3.05) is 32.0 Å². The third-order valence-corrected chi connectivity index (χ3v) is 4.75. The molecule has 0 fully saturated rings. The van der Waals surface area contributed by atoms with Crippen molar-refractivity contribution in [2.24, 2.45) is 0 Å². The Hall–Kier alpha value is -3.67. The van der Waals surface area contributed by atoms with Crippen LogP contribution in [0, 0.1) is 0 Å². The maximum absolute atomic E-state index is 12.7. The van der Waals surface area contributed by atoms with E-state index in [2.05, 4.69) is 29.7 Å². The molecule has 3 rings (SSSR count). The number of methoxy groups -OCH3 is 3. The molecule has 30 heavy (non-hydrogen) atoms. The van der Waals surface area contributed by atoms with Crippen LogP contribution < -0.4 is 24.8 Å². The van der Waals surface area contributed by atoms with Gasteiger partial charge in [0.1, 0.15) is 0 Å². The Morgan fingerprint density at radius 2 is 1.37 bits per heavy atom. The van der Waals surface area contributed by atoms with Crippen LogP contribution in [-0.4, -0.2) is 27.2 Å². The summed E-state index contributed by atoms with van der Waals surface area (Å²) in [6, 6.07) is 21.2. The molecule has 1 amide bonds. The van der Waals surface area contributed by atoms with Crippen molar-refractivity contribution < 1.29 is 19.0 Å². The summed E-state index contributed by atoms with van der Waals surface area (Å²) in [5.41, 5.74) is 3.27. The normalized spacial score (nSPS) is 11.3. The SMILES string of the molecule is COc1cc(C(=O)Nc2ccc(NC(C)c3ccccc3)cc2)cc(OC)c1OC. The molecule has 0 aromatic heterocycles. The van der Waals surface area contributed by atoms with Gasteiger partial charge in [0.2, 0.25) is 5.75 Å². The van der Waals surface area contributed by atoms with Crippen LogP contribution in [0.4, 0.5) is 11.4 Å². The molecule has 0 aliphatic rings. The summed E-state index contributed by atoms with van der Waals surface area (Å²) >= 11 is 0. The molecule has 0 bridgehead atoms. The van der Waals surface area contributed by atoms with E-state index in [0.29, 0.717) is 28.5 Å². The molecule has 156 valence electrons. The molecule has 0 saturated heterocycles. The maximum atomic E-state index is 12.7. The number of benzene rings is 3. The molecule has 0 aliphatic heterocycles. The predicted molar refractivity (Wildman–Crippen MR) is 119 cm³/mol. The molecule has 3 aromatic carbocycles.